The summed E-state index contributed by atoms with van der Waals surface area (Å²) in [6, 6.07) is 12.4. The van der Waals surface area contributed by atoms with Crippen molar-refractivity contribution in [1.82, 2.24) is 0 Å². The van der Waals surface area contributed by atoms with Crippen LogP contribution in [0.5, 0.6) is 5.75 Å². The molecule has 0 spiro atoms. The molecule has 1 atom stereocenters. The molecule has 0 amide bonds. The third kappa shape index (κ3) is 3.67. The molecule has 0 heterocycles. The predicted molar refractivity (Wildman–Crippen MR) is 82.7 cm³/mol. The van der Waals surface area contributed by atoms with Crippen molar-refractivity contribution in [3.05, 3.63) is 63.0 Å². The number of hydrogen-bond acceptors (Lipinski definition) is 2. The Balaban J connectivity index is 2.17. The van der Waals surface area contributed by atoms with Crippen LogP contribution in [0.1, 0.15) is 17.2 Å². The molecule has 2 N–H and O–H groups in total. The van der Waals surface area contributed by atoms with Crippen molar-refractivity contribution in [2.75, 3.05) is 7.11 Å². The molecule has 100 valence electrons. The number of ether oxygens (including phenoxy) is 1. The number of nitrogens with two attached hydrogens (primary N) is 1. The maximum atomic E-state index is 13.1. The van der Waals surface area contributed by atoms with Crippen molar-refractivity contribution in [1.29, 1.82) is 0 Å². The summed E-state index contributed by atoms with van der Waals surface area (Å²) < 4.78 is 19.1. The maximum absolute atomic E-state index is 13.1. The largest absolute Gasteiger partial charge is 0.497 e. The zero-order valence-corrected chi connectivity index (χ0v) is 12.7. The Kier molecular flexibility index (Phi) is 4.76. The first-order chi connectivity index (χ1) is 9.10. The van der Waals surface area contributed by atoms with Gasteiger partial charge in [0.15, 0.2) is 0 Å². The summed E-state index contributed by atoms with van der Waals surface area (Å²) in [5.41, 5.74) is 8.27. The van der Waals surface area contributed by atoms with E-state index < -0.39 is 0 Å². The van der Waals surface area contributed by atoms with Gasteiger partial charge in [-0.15, -0.1) is 0 Å². The first-order valence-electron chi connectivity index (χ1n) is 5.93. The minimum absolute atomic E-state index is 0.153. The number of benzene rings is 2. The highest BCUT2D eigenvalue weighted by Gasteiger charge is 2.11. The molecular formula is C15H15FINO. The normalized spacial score (nSPS) is 12.2. The molecule has 4 heteroatoms. The van der Waals surface area contributed by atoms with Crippen LogP contribution in [0.2, 0.25) is 0 Å². The molecule has 0 fully saturated rings. The van der Waals surface area contributed by atoms with Gasteiger partial charge >= 0.3 is 0 Å². The molecule has 0 saturated carbocycles. The zero-order chi connectivity index (χ0) is 13.8. The lowest BCUT2D eigenvalue weighted by Gasteiger charge is -2.14. The van der Waals surface area contributed by atoms with Gasteiger partial charge in [0.05, 0.1) is 7.11 Å². The molecule has 19 heavy (non-hydrogen) atoms. The highest BCUT2D eigenvalue weighted by molar-refractivity contribution is 14.1. The monoisotopic (exact) mass is 371 g/mol. The van der Waals surface area contributed by atoms with Crippen LogP contribution in [0.15, 0.2) is 42.5 Å². The van der Waals surface area contributed by atoms with Gasteiger partial charge in [-0.3, -0.25) is 0 Å². The summed E-state index contributed by atoms with van der Waals surface area (Å²) >= 11 is 2.11. The molecule has 0 aliphatic carbocycles. The molecule has 1 unspecified atom stereocenters. The van der Waals surface area contributed by atoms with E-state index in [1.165, 1.54) is 12.1 Å². The molecule has 2 rings (SSSR count). The fraction of sp³-hybridized carbons (Fsp3) is 0.200. The summed E-state index contributed by atoms with van der Waals surface area (Å²) in [5, 5.41) is 0. The average Bonchev–Trinajstić information content (AvgIpc) is 2.38. The zero-order valence-electron chi connectivity index (χ0n) is 10.6. The lowest BCUT2D eigenvalue weighted by molar-refractivity contribution is 0.414. The second kappa shape index (κ2) is 6.34. The summed E-state index contributed by atoms with van der Waals surface area (Å²) in [5.74, 6) is 0.584. The second-order valence-electron chi connectivity index (χ2n) is 4.33. The van der Waals surface area contributed by atoms with Crippen LogP contribution >= 0.6 is 22.6 Å². The van der Waals surface area contributed by atoms with Crippen LogP contribution in [0, 0.1) is 9.39 Å². The Morgan fingerprint density at radius 1 is 1.26 bits per heavy atom. The second-order valence-corrected chi connectivity index (χ2v) is 5.49. The highest BCUT2D eigenvalue weighted by Crippen LogP contribution is 2.23. The number of hydrogen-bond donors (Lipinski definition) is 1. The summed E-state index contributed by atoms with van der Waals surface area (Å²) in [7, 11) is 1.64. The number of halogens is 2. The number of methoxy groups -OCH3 is 1. The third-order valence-corrected chi connectivity index (χ3v) is 3.89. The van der Waals surface area contributed by atoms with E-state index in [0.29, 0.717) is 6.42 Å². The molecular weight excluding hydrogens is 356 g/mol. The van der Waals surface area contributed by atoms with E-state index in [9.17, 15) is 4.39 Å². The Morgan fingerprint density at radius 2 is 2.05 bits per heavy atom. The molecule has 2 aromatic rings. The molecule has 0 aromatic heterocycles. The van der Waals surface area contributed by atoms with Gasteiger partial charge in [0.1, 0.15) is 11.6 Å². The minimum atomic E-state index is -0.235. The van der Waals surface area contributed by atoms with Crippen molar-refractivity contribution >= 4 is 22.6 Å². The Labute approximate surface area is 125 Å². The predicted octanol–water partition coefficient (Wildman–Crippen LogP) is 3.68. The van der Waals surface area contributed by atoms with Gasteiger partial charge in [-0.2, -0.15) is 0 Å². The van der Waals surface area contributed by atoms with Crippen LogP contribution in [0.25, 0.3) is 0 Å². The van der Waals surface area contributed by atoms with Gasteiger partial charge in [0.25, 0.3) is 0 Å². The lowest BCUT2D eigenvalue weighted by atomic mass is 9.99. The molecule has 0 bridgehead atoms. The van der Waals surface area contributed by atoms with Gasteiger partial charge in [0, 0.05) is 9.61 Å². The first kappa shape index (κ1) is 14.3. The van der Waals surface area contributed by atoms with Gasteiger partial charge in [0.2, 0.25) is 0 Å². The van der Waals surface area contributed by atoms with E-state index in [2.05, 4.69) is 22.6 Å². The van der Waals surface area contributed by atoms with Gasteiger partial charge < -0.3 is 10.5 Å². The summed E-state index contributed by atoms with van der Waals surface area (Å²) in [6.07, 6.45) is 0.693. The van der Waals surface area contributed by atoms with Crippen molar-refractivity contribution in [2.24, 2.45) is 5.73 Å². The van der Waals surface area contributed by atoms with E-state index in [1.54, 1.807) is 13.2 Å². The van der Waals surface area contributed by atoms with E-state index in [4.69, 9.17) is 10.5 Å². The van der Waals surface area contributed by atoms with Crippen LogP contribution in [0.4, 0.5) is 4.39 Å². The SMILES string of the molecule is COc1cccc(CC(N)c2ccc(F)cc2I)c1. The van der Waals surface area contributed by atoms with Crippen LogP contribution < -0.4 is 10.5 Å². The molecule has 0 aliphatic heterocycles. The molecule has 0 saturated heterocycles. The fourth-order valence-electron chi connectivity index (χ4n) is 1.97. The van der Waals surface area contributed by atoms with Gasteiger partial charge in [-0.1, -0.05) is 18.2 Å². The van der Waals surface area contributed by atoms with Crippen molar-refractivity contribution < 1.29 is 9.13 Å². The molecule has 0 radical (unpaired) electrons. The molecule has 2 aromatic carbocycles. The van der Waals surface area contributed by atoms with Crippen molar-refractivity contribution in [3.8, 4) is 5.75 Å². The van der Waals surface area contributed by atoms with Crippen LogP contribution in [0.3, 0.4) is 0 Å². The average molecular weight is 371 g/mol. The first-order valence-corrected chi connectivity index (χ1v) is 7.01. The summed E-state index contributed by atoms with van der Waals surface area (Å²) in [6.45, 7) is 0. The Bertz CT molecular complexity index is 574. The fourth-order valence-corrected chi connectivity index (χ4v) is 2.84. The molecule has 0 aliphatic rings. The smallest absolute Gasteiger partial charge is 0.124 e. The van der Waals surface area contributed by atoms with E-state index in [-0.39, 0.29) is 11.9 Å². The van der Waals surface area contributed by atoms with E-state index in [0.717, 1.165) is 20.4 Å². The quantitative estimate of drug-likeness (QED) is 0.833. The topological polar surface area (TPSA) is 35.2 Å². The summed E-state index contributed by atoms with van der Waals surface area (Å²) in [4.78, 5) is 0. The van der Waals surface area contributed by atoms with Crippen LogP contribution in [-0.4, -0.2) is 7.11 Å². The third-order valence-electron chi connectivity index (χ3n) is 2.95. The van der Waals surface area contributed by atoms with E-state index in [1.807, 2.05) is 24.3 Å². The lowest BCUT2D eigenvalue weighted by Crippen LogP contribution is -2.15. The van der Waals surface area contributed by atoms with Crippen LogP contribution in [-0.2, 0) is 6.42 Å². The Morgan fingerprint density at radius 3 is 2.74 bits per heavy atom. The maximum Gasteiger partial charge on any atom is 0.124 e. The van der Waals surface area contributed by atoms with Gasteiger partial charge in [-0.25, -0.2) is 4.39 Å². The van der Waals surface area contributed by atoms with Gasteiger partial charge in [-0.05, 0) is 64.4 Å². The Hall–Kier alpha value is -1.14. The minimum Gasteiger partial charge on any atom is -0.497 e. The van der Waals surface area contributed by atoms with E-state index >= 15 is 0 Å². The van der Waals surface area contributed by atoms with Crippen molar-refractivity contribution in [3.63, 3.8) is 0 Å². The highest BCUT2D eigenvalue weighted by atomic mass is 127. The molecule has 2 nitrogen and oxygen atoms in total. The number of rotatable bonds is 4. The standard InChI is InChI=1S/C15H15FINO/c1-19-12-4-2-3-10(7-12)8-15(18)13-6-5-11(16)9-14(13)17/h2-7,9,15H,8,18H2,1H3. The van der Waals surface area contributed by atoms with Crippen molar-refractivity contribution in [2.45, 2.75) is 12.5 Å².